The maximum absolute atomic E-state index is 5.16. The van der Waals surface area contributed by atoms with Crippen molar-refractivity contribution in [3.05, 3.63) is 110 Å². The van der Waals surface area contributed by atoms with Gasteiger partial charge in [0, 0.05) is 85.8 Å². The van der Waals surface area contributed by atoms with Crippen LogP contribution in [0.4, 0.5) is 0 Å². The van der Waals surface area contributed by atoms with Crippen LogP contribution >= 0.6 is 0 Å². The maximum atomic E-state index is 5.16. The van der Waals surface area contributed by atoms with Crippen molar-refractivity contribution >= 4 is 87.5 Å². The van der Waals surface area contributed by atoms with Gasteiger partial charge in [-0.05, 0) is 91.9 Å². The lowest BCUT2D eigenvalue weighted by Gasteiger charge is -2.04. The highest BCUT2D eigenvalue weighted by molar-refractivity contribution is 6.22. The third-order valence-corrected chi connectivity index (χ3v) is 9.86. The predicted molar refractivity (Wildman–Crippen MR) is 196 cm³/mol. The van der Waals surface area contributed by atoms with E-state index in [0.717, 1.165) is 106 Å². The molecule has 0 aliphatic rings. The summed E-state index contributed by atoms with van der Waals surface area (Å²) in [5.41, 5.74) is 11.6. The Hall–Kier alpha value is -6.74. The lowest BCUT2D eigenvalue weighted by Crippen LogP contribution is -1.93. The minimum Gasteiger partial charge on any atom is -0.341 e. The van der Waals surface area contributed by atoms with Gasteiger partial charge < -0.3 is 14.5 Å². The summed E-state index contributed by atoms with van der Waals surface area (Å²) in [6, 6.07) is 29.4. The molecule has 9 heteroatoms. The Kier molecular flexibility index (Phi) is 5.19. The van der Waals surface area contributed by atoms with Crippen molar-refractivity contribution in [2.24, 2.45) is 0 Å². The minimum atomic E-state index is 0.810. The molecule has 0 radical (unpaired) electrons. The molecule has 0 unspecified atom stereocenters. The van der Waals surface area contributed by atoms with Gasteiger partial charge in [0.05, 0.1) is 44.1 Å². The van der Waals surface area contributed by atoms with Crippen molar-refractivity contribution in [2.75, 3.05) is 0 Å². The number of benzene rings is 4. The number of pyridine rings is 4. The van der Waals surface area contributed by atoms with Crippen LogP contribution in [0.2, 0.25) is 0 Å². The third-order valence-electron chi connectivity index (χ3n) is 9.86. The first kappa shape index (κ1) is 26.3. The number of aryl methyl sites for hydroxylation is 1. The molecule has 11 rings (SSSR count). The molecule has 4 aromatic carbocycles. The molecule has 230 valence electrons. The van der Waals surface area contributed by atoms with Gasteiger partial charge in [-0.1, -0.05) is 0 Å². The zero-order valence-electron chi connectivity index (χ0n) is 26.2. The van der Waals surface area contributed by atoms with Crippen LogP contribution in [-0.2, 0) is 6.54 Å². The highest BCUT2D eigenvalue weighted by Crippen LogP contribution is 2.38. The van der Waals surface area contributed by atoms with Crippen LogP contribution < -0.4 is 0 Å². The molecule has 7 aromatic heterocycles. The molecule has 49 heavy (non-hydrogen) atoms. The lowest BCUT2D eigenvalue weighted by atomic mass is 10.1. The Balaban J connectivity index is 1.13. The van der Waals surface area contributed by atoms with Crippen LogP contribution in [0.25, 0.3) is 110 Å². The molecule has 0 fully saturated rings. The lowest BCUT2D eigenvalue weighted by molar-refractivity contribution is 0.827. The monoisotopic (exact) mass is 631 g/mol. The molecule has 0 saturated carbocycles. The summed E-state index contributed by atoms with van der Waals surface area (Å²) in [5.74, 6) is 1.62. The van der Waals surface area contributed by atoms with Gasteiger partial charge in [-0.25, -0.2) is 9.97 Å². The van der Waals surface area contributed by atoms with Crippen LogP contribution in [0.3, 0.4) is 0 Å². The highest BCUT2D eigenvalue weighted by atomic mass is 15.0. The normalized spacial score (nSPS) is 12.3. The van der Waals surface area contributed by atoms with Crippen molar-refractivity contribution in [3.8, 4) is 22.8 Å². The molecule has 0 aliphatic carbocycles. The van der Waals surface area contributed by atoms with E-state index in [4.69, 9.17) is 9.97 Å². The molecule has 9 nitrogen and oxygen atoms in total. The number of hydrogen-bond donors (Lipinski definition) is 2. The Bertz CT molecular complexity index is 2810. The van der Waals surface area contributed by atoms with Crippen molar-refractivity contribution in [3.63, 3.8) is 0 Å². The van der Waals surface area contributed by atoms with Crippen LogP contribution in [-0.4, -0.2) is 44.4 Å². The molecule has 0 bridgehead atoms. The van der Waals surface area contributed by atoms with E-state index in [1.54, 1.807) is 0 Å². The van der Waals surface area contributed by atoms with E-state index in [-0.39, 0.29) is 0 Å². The SMILES string of the molecule is CCn1c2ccc(-c3nc4c5cccnc5c5ncccc5c4[nH]3)cc2c2cc(-c3nc4c5cccnc5c5ncccc5c4[nH]3)ccc21. The smallest absolute Gasteiger partial charge is 0.138 e. The summed E-state index contributed by atoms with van der Waals surface area (Å²) < 4.78 is 2.37. The maximum Gasteiger partial charge on any atom is 0.138 e. The fourth-order valence-corrected chi connectivity index (χ4v) is 7.70. The molecule has 0 saturated heterocycles. The predicted octanol–water partition coefficient (Wildman–Crippen LogP) is 9.09. The number of aromatic nitrogens is 9. The van der Waals surface area contributed by atoms with Gasteiger partial charge in [0.1, 0.15) is 11.6 Å². The van der Waals surface area contributed by atoms with Crippen molar-refractivity contribution in [1.29, 1.82) is 0 Å². The zero-order chi connectivity index (χ0) is 32.2. The summed E-state index contributed by atoms with van der Waals surface area (Å²) in [6.07, 6.45) is 7.25. The van der Waals surface area contributed by atoms with Gasteiger partial charge >= 0.3 is 0 Å². The second kappa shape index (κ2) is 9.65. The molecule has 7 heterocycles. The Morgan fingerprint density at radius 1 is 0.469 bits per heavy atom. The zero-order valence-corrected chi connectivity index (χ0v) is 26.2. The van der Waals surface area contributed by atoms with E-state index in [0.29, 0.717) is 0 Å². The van der Waals surface area contributed by atoms with Crippen LogP contribution in [0.5, 0.6) is 0 Å². The Labute approximate surface area is 277 Å². The second-order valence-electron chi connectivity index (χ2n) is 12.4. The largest absolute Gasteiger partial charge is 0.341 e. The number of rotatable bonds is 3. The van der Waals surface area contributed by atoms with Crippen molar-refractivity contribution in [1.82, 2.24) is 44.4 Å². The van der Waals surface area contributed by atoms with Gasteiger partial charge in [-0.3, -0.25) is 19.9 Å². The van der Waals surface area contributed by atoms with Crippen LogP contribution in [0.1, 0.15) is 6.92 Å². The van der Waals surface area contributed by atoms with E-state index in [2.05, 4.69) is 102 Å². The molecule has 2 N–H and O–H groups in total. The van der Waals surface area contributed by atoms with Crippen LogP contribution in [0.15, 0.2) is 110 Å². The summed E-state index contributed by atoms with van der Waals surface area (Å²) in [7, 11) is 0. The number of H-pyrrole nitrogens is 2. The third kappa shape index (κ3) is 3.58. The van der Waals surface area contributed by atoms with E-state index in [9.17, 15) is 0 Å². The number of nitrogens with zero attached hydrogens (tertiary/aromatic N) is 7. The van der Waals surface area contributed by atoms with Gasteiger partial charge in [-0.2, -0.15) is 0 Å². The quantitative estimate of drug-likeness (QED) is 0.188. The molecule has 0 aliphatic heterocycles. The number of hydrogen-bond acceptors (Lipinski definition) is 6. The second-order valence-corrected chi connectivity index (χ2v) is 12.4. The first-order valence-electron chi connectivity index (χ1n) is 16.3. The van der Waals surface area contributed by atoms with E-state index in [1.807, 2.05) is 49.1 Å². The first-order valence-corrected chi connectivity index (χ1v) is 16.3. The Morgan fingerprint density at radius 3 is 1.31 bits per heavy atom. The molecular formula is C40H25N9. The van der Waals surface area contributed by atoms with E-state index >= 15 is 0 Å². The van der Waals surface area contributed by atoms with Gasteiger partial charge in [0.25, 0.3) is 0 Å². The number of aromatic amines is 2. The molecule has 0 atom stereocenters. The van der Waals surface area contributed by atoms with Crippen LogP contribution in [0, 0.1) is 0 Å². The van der Waals surface area contributed by atoms with Gasteiger partial charge in [0.2, 0.25) is 0 Å². The first-order chi connectivity index (χ1) is 24.2. The van der Waals surface area contributed by atoms with Crippen molar-refractivity contribution in [2.45, 2.75) is 13.5 Å². The highest BCUT2D eigenvalue weighted by Gasteiger charge is 2.19. The van der Waals surface area contributed by atoms with E-state index < -0.39 is 0 Å². The molecule has 0 spiro atoms. The fourth-order valence-electron chi connectivity index (χ4n) is 7.70. The number of imidazole rings is 2. The summed E-state index contributed by atoms with van der Waals surface area (Å²) in [6.45, 7) is 3.04. The fraction of sp³-hybridized carbons (Fsp3) is 0.0500. The average molecular weight is 632 g/mol. The van der Waals surface area contributed by atoms with Crippen molar-refractivity contribution < 1.29 is 0 Å². The topological polar surface area (TPSA) is 114 Å². The Morgan fingerprint density at radius 2 is 0.878 bits per heavy atom. The summed E-state index contributed by atoms with van der Waals surface area (Å²) in [5, 5.41) is 6.31. The van der Waals surface area contributed by atoms with E-state index in [1.165, 1.54) is 11.0 Å². The molecular weight excluding hydrogens is 607 g/mol. The molecule has 0 amide bonds. The molecule has 11 aromatic rings. The number of nitrogens with one attached hydrogen (secondary N) is 2. The summed E-state index contributed by atoms with van der Waals surface area (Å²) in [4.78, 5) is 36.3. The minimum absolute atomic E-state index is 0.810. The van der Waals surface area contributed by atoms with Gasteiger partial charge in [-0.15, -0.1) is 0 Å². The standard InChI is InChI=1S/C40H25N9/c1-2-49-29-13-11-21(39-45-35-23-7-3-15-41-31(23)32-24(36(35)46-39)8-4-16-42-32)19-27(29)28-20-22(12-14-30(28)49)40-47-37-25-9-5-17-43-33(25)34-26(38(37)48-40)10-6-18-44-34/h3-20H,2H2,1H3,(H,45,46)(H,47,48). The van der Waals surface area contributed by atoms with Gasteiger partial charge in [0.15, 0.2) is 0 Å². The summed E-state index contributed by atoms with van der Waals surface area (Å²) >= 11 is 0. The number of fused-ring (bicyclic) bond motifs is 15. The average Bonchev–Trinajstić information content (AvgIpc) is 3.90.